The van der Waals surface area contributed by atoms with Crippen LogP contribution in [0.1, 0.15) is 23.1 Å². The fraction of sp³-hybridized carbons (Fsp3) is 0.500. The molecule has 1 unspecified atom stereocenters. The maximum Gasteiger partial charge on any atom is 0.132 e. The molecule has 0 aliphatic rings. The van der Waals surface area contributed by atoms with E-state index in [4.69, 9.17) is 11.6 Å². The highest BCUT2D eigenvalue weighted by atomic mass is 35.5. The molecule has 2 aromatic rings. The van der Waals surface area contributed by atoms with Crippen molar-refractivity contribution in [1.29, 1.82) is 0 Å². The first-order valence-corrected chi connectivity index (χ1v) is 5.59. The van der Waals surface area contributed by atoms with Crippen molar-refractivity contribution in [2.45, 2.75) is 19.4 Å². The zero-order valence-electron chi connectivity index (χ0n) is 9.92. The van der Waals surface area contributed by atoms with Gasteiger partial charge in [-0.25, -0.2) is 0 Å². The lowest BCUT2D eigenvalue weighted by Crippen LogP contribution is -2.03. The lowest BCUT2D eigenvalue weighted by molar-refractivity contribution is 0.176. The van der Waals surface area contributed by atoms with Crippen LogP contribution in [-0.2, 0) is 20.5 Å². The summed E-state index contributed by atoms with van der Waals surface area (Å²) in [4.78, 5) is 0. The Morgan fingerprint density at radius 3 is 2.65 bits per heavy atom. The van der Waals surface area contributed by atoms with Crippen LogP contribution in [0, 0.1) is 6.92 Å². The fourth-order valence-corrected chi connectivity index (χ4v) is 2.11. The Morgan fingerprint density at radius 2 is 2.18 bits per heavy atom. The monoisotopic (exact) mass is 255 g/mol. The van der Waals surface area contributed by atoms with Gasteiger partial charge in [-0.1, -0.05) is 16.8 Å². The number of nitrogens with zero attached hydrogens (tertiary/aromatic N) is 5. The van der Waals surface area contributed by atoms with Crippen LogP contribution in [0.2, 0.25) is 5.15 Å². The summed E-state index contributed by atoms with van der Waals surface area (Å²) in [6, 6.07) is 0. The molecule has 0 aliphatic heterocycles. The van der Waals surface area contributed by atoms with Crippen LogP contribution >= 0.6 is 11.6 Å². The molecule has 1 atom stereocenters. The van der Waals surface area contributed by atoms with Crippen molar-refractivity contribution in [1.82, 2.24) is 24.8 Å². The Bertz CT molecular complexity index is 533. The van der Waals surface area contributed by atoms with Gasteiger partial charge < -0.3 is 5.11 Å². The first kappa shape index (κ1) is 12.1. The molecule has 92 valence electrons. The average Bonchev–Trinajstić information content (AvgIpc) is 2.73. The maximum atomic E-state index is 10.1. The molecular formula is C10H14ClN5O. The molecule has 0 bridgehead atoms. The maximum absolute atomic E-state index is 10.1. The van der Waals surface area contributed by atoms with Crippen LogP contribution in [0.15, 0.2) is 6.20 Å². The SMILES string of the molecule is Cc1nn(C)c(Cl)c1C(O)Cc1cn(C)nn1. The van der Waals surface area contributed by atoms with Gasteiger partial charge in [0, 0.05) is 32.3 Å². The lowest BCUT2D eigenvalue weighted by Gasteiger charge is -2.08. The number of aliphatic hydroxyl groups excluding tert-OH is 1. The summed E-state index contributed by atoms with van der Waals surface area (Å²) in [6.45, 7) is 1.82. The zero-order chi connectivity index (χ0) is 12.6. The second-order valence-corrected chi connectivity index (χ2v) is 4.37. The van der Waals surface area contributed by atoms with Gasteiger partial charge in [0.25, 0.3) is 0 Å². The Labute approximate surface area is 104 Å². The fourth-order valence-electron chi connectivity index (χ4n) is 1.81. The number of aryl methyl sites for hydroxylation is 3. The highest BCUT2D eigenvalue weighted by Gasteiger charge is 2.20. The normalized spacial score (nSPS) is 13.0. The molecular weight excluding hydrogens is 242 g/mol. The minimum Gasteiger partial charge on any atom is -0.388 e. The predicted molar refractivity (Wildman–Crippen MR) is 62.6 cm³/mol. The van der Waals surface area contributed by atoms with Gasteiger partial charge in [0.1, 0.15) is 5.15 Å². The number of halogens is 1. The van der Waals surface area contributed by atoms with Gasteiger partial charge in [0.15, 0.2) is 0 Å². The van der Waals surface area contributed by atoms with Crippen LogP contribution in [-0.4, -0.2) is 29.9 Å². The molecule has 2 rings (SSSR count). The van der Waals surface area contributed by atoms with Crippen molar-refractivity contribution in [3.05, 3.63) is 28.3 Å². The quantitative estimate of drug-likeness (QED) is 0.880. The largest absolute Gasteiger partial charge is 0.388 e. The third kappa shape index (κ3) is 2.32. The highest BCUT2D eigenvalue weighted by molar-refractivity contribution is 6.30. The predicted octanol–water partition coefficient (Wildman–Crippen LogP) is 0.787. The summed E-state index contributed by atoms with van der Waals surface area (Å²) < 4.78 is 3.14. The molecule has 0 aliphatic carbocycles. The molecule has 2 heterocycles. The molecule has 0 fully saturated rings. The summed E-state index contributed by atoms with van der Waals surface area (Å²) in [6.07, 6.45) is 1.43. The Morgan fingerprint density at radius 1 is 1.47 bits per heavy atom. The number of aliphatic hydroxyl groups is 1. The zero-order valence-corrected chi connectivity index (χ0v) is 10.7. The van der Waals surface area contributed by atoms with E-state index in [0.717, 1.165) is 11.4 Å². The van der Waals surface area contributed by atoms with Crippen LogP contribution in [0.25, 0.3) is 0 Å². The molecule has 17 heavy (non-hydrogen) atoms. The van der Waals surface area contributed by atoms with Crippen molar-refractivity contribution in [2.75, 3.05) is 0 Å². The van der Waals surface area contributed by atoms with Crippen molar-refractivity contribution in [3.8, 4) is 0 Å². The Balaban J connectivity index is 2.22. The molecule has 1 N–H and O–H groups in total. The molecule has 7 heteroatoms. The second kappa shape index (κ2) is 4.46. The first-order valence-electron chi connectivity index (χ1n) is 5.21. The molecule has 0 saturated carbocycles. The van der Waals surface area contributed by atoms with Gasteiger partial charge >= 0.3 is 0 Å². The minimum atomic E-state index is -0.715. The van der Waals surface area contributed by atoms with E-state index in [1.165, 1.54) is 0 Å². The van der Waals surface area contributed by atoms with Crippen LogP contribution in [0.4, 0.5) is 0 Å². The van der Waals surface area contributed by atoms with Crippen molar-refractivity contribution in [3.63, 3.8) is 0 Å². The van der Waals surface area contributed by atoms with E-state index in [9.17, 15) is 5.11 Å². The van der Waals surface area contributed by atoms with E-state index in [1.807, 2.05) is 6.92 Å². The van der Waals surface area contributed by atoms with E-state index in [0.29, 0.717) is 17.1 Å². The third-order valence-electron chi connectivity index (χ3n) is 2.58. The standard InChI is InChI=1S/C10H14ClN5O/c1-6-9(10(11)16(3)13-6)8(17)4-7-5-15(2)14-12-7/h5,8,17H,4H2,1-3H3. The number of rotatable bonds is 3. The average molecular weight is 256 g/mol. The Hall–Kier alpha value is -1.40. The molecule has 0 spiro atoms. The molecule has 0 amide bonds. The summed E-state index contributed by atoms with van der Waals surface area (Å²) in [5.41, 5.74) is 2.10. The smallest absolute Gasteiger partial charge is 0.132 e. The van der Waals surface area contributed by atoms with E-state index in [-0.39, 0.29) is 0 Å². The van der Waals surface area contributed by atoms with Crippen LogP contribution < -0.4 is 0 Å². The van der Waals surface area contributed by atoms with E-state index >= 15 is 0 Å². The van der Waals surface area contributed by atoms with E-state index in [1.54, 1.807) is 29.7 Å². The van der Waals surface area contributed by atoms with Gasteiger partial charge in [-0.05, 0) is 6.92 Å². The number of hydrogen-bond donors (Lipinski definition) is 1. The lowest BCUT2D eigenvalue weighted by atomic mass is 10.1. The van der Waals surface area contributed by atoms with Gasteiger partial charge in [-0.2, -0.15) is 5.10 Å². The van der Waals surface area contributed by atoms with E-state index in [2.05, 4.69) is 15.4 Å². The van der Waals surface area contributed by atoms with Gasteiger partial charge in [-0.15, -0.1) is 5.10 Å². The second-order valence-electron chi connectivity index (χ2n) is 4.02. The van der Waals surface area contributed by atoms with Crippen molar-refractivity contribution in [2.24, 2.45) is 14.1 Å². The van der Waals surface area contributed by atoms with Crippen LogP contribution in [0.3, 0.4) is 0 Å². The minimum absolute atomic E-state index is 0.375. The van der Waals surface area contributed by atoms with Crippen molar-refractivity contribution >= 4 is 11.6 Å². The summed E-state index contributed by atoms with van der Waals surface area (Å²) >= 11 is 6.08. The summed E-state index contributed by atoms with van der Waals surface area (Å²) in [5, 5.41) is 22.5. The highest BCUT2D eigenvalue weighted by Crippen LogP contribution is 2.27. The van der Waals surface area contributed by atoms with E-state index < -0.39 is 6.10 Å². The molecule has 0 radical (unpaired) electrons. The Kier molecular flexibility index (Phi) is 3.17. The third-order valence-corrected chi connectivity index (χ3v) is 3.03. The van der Waals surface area contributed by atoms with Gasteiger partial charge in [0.2, 0.25) is 0 Å². The molecule has 0 saturated heterocycles. The summed E-state index contributed by atoms with van der Waals surface area (Å²) in [7, 11) is 3.53. The summed E-state index contributed by atoms with van der Waals surface area (Å²) in [5.74, 6) is 0. The first-order chi connectivity index (χ1) is 7.99. The van der Waals surface area contributed by atoms with Gasteiger partial charge in [0.05, 0.1) is 17.5 Å². The topological polar surface area (TPSA) is 68.8 Å². The van der Waals surface area contributed by atoms with Gasteiger partial charge in [-0.3, -0.25) is 9.36 Å². The molecule has 0 aromatic carbocycles. The molecule has 6 nitrogen and oxygen atoms in total. The molecule has 2 aromatic heterocycles. The number of aromatic nitrogens is 5. The van der Waals surface area contributed by atoms with Crippen molar-refractivity contribution < 1.29 is 5.11 Å². The van der Waals surface area contributed by atoms with Crippen LogP contribution in [0.5, 0.6) is 0 Å². The number of hydrogen-bond acceptors (Lipinski definition) is 4.